The first-order valence-corrected chi connectivity index (χ1v) is 11.3. The molecular weight excluding hydrogens is 482 g/mol. The Morgan fingerprint density at radius 3 is 2.25 bits per heavy atom. The van der Waals surface area contributed by atoms with E-state index in [0.29, 0.717) is 28.3 Å². The molecule has 0 bridgehead atoms. The van der Waals surface area contributed by atoms with E-state index in [4.69, 9.17) is 16.3 Å². The fourth-order valence-electron chi connectivity index (χ4n) is 3.71. The summed E-state index contributed by atoms with van der Waals surface area (Å²) < 4.78 is 5.32. The molecule has 0 saturated heterocycles. The van der Waals surface area contributed by atoms with Crippen LogP contribution in [0.2, 0.25) is 0 Å². The molecule has 0 unspecified atom stereocenters. The lowest BCUT2D eigenvalue weighted by Crippen LogP contribution is -2.32. The van der Waals surface area contributed by atoms with Crippen LogP contribution in [0.25, 0.3) is 0 Å². The summed E-state index contributed by atoms with van der Waals surface area (Å²) in [6.07, 6.45) is 0. The first kappa shape index (κ1) is 24.7. The van der Waals surface area contributed by atoms with E-state index in [1.807, 2.05) is 6.92 Å². The minimum Gasteiger partial charge on any atom is -0.495 e. The highest BCUT2D eigenvalue weighted by molar-refractivity contribution is 6.53. The van der Waals surface area contributed by atoms with Gasteiger partial charge >= 0.3 is 0 Å². The van der Waals surface area contributed by atoms with Crippen molar-refractivity contribution in [2.24, 2.45) is 0 Å². The van der Waals surface area contributed by atoms with E-state index in [2.05, 4.69) is 10.6 Å². The van der Waals surface area contributed by atoms with Crippen molar-refractivity contribution in [1.29, 1.82) is 0 Å². The molecule has 3 amide bonds. The number of nitrogens with zero attached hydrogens (tertiary/aromatic N) is 1. The van der Waals surface area contributed by atoms with E-state index in [0.717, 1.165) is 10.5 Å². The van der Waals surface area contributed by atoms with Crippen molar-refractivity contribution >= 4 is 52.2 Å². The van der Waals surface area contributed by atoms with Crippen molar-refractivity contribution in [3.8, 4) is 5.75 Å². The SMILES string of the molecule is COc1ccc(C)cc1N1C(=O)C(Cl)=C(Nc2cccc(C(=O)Nc3cccc(C(C)=O)c3)c2)C1=O. The molecule has 182 valence electrons. The smallest absolute Gasteiger partial charge is 0.283 e. The summed E-state index contributed by atoms with van der Waals surface area (Å²) in [4.78, 5) is 51.4. The monoisotopic (exact) mass is 503 g/mol. The van der Waals surface area contributed by atoms with Crippen LogP contribution in [0.3, 0.4) is 0 Å². The van der Waals surface area contributed by atoms with Gasteiger partial charge in [0.15, 0.2) is 5.78 Å². The van der Waals surface area contributed by atoms with Crippen LogP contribution in [0.4, 0.5) is 17.1 Å². The van der Waals surface area contributed by atoms with Crippen molar-refractivity contribution in [1.82, 2.24) is 0 Å². The van der Waals surface area contributed by atoms with Crippen molar-refractivity contribution < 1.29 is 23.9 Å². The van der Waals surface area contributed by atoms with Gasteiger partial charge in [-0.3, -0.25) is 19.2 Å². The highest BCUT2D eigenvalue weighted by Crippen LogP contribution is 2.36. The van der Waals surface area contributed by atoms with Crippen molar-refractivity contribution in [3.63, 3.8) is 0 Å². The Morgan fingerprint density at radius 2 is 1.56 bits per heavy atom. The number of anilines is 3. The summed E-state index contributed by atoms with van der Waals surface area (Å²) in [6, 6.07) is 18.1. The van der Waals surface area contributed by atoms with Crippen LogP contribution in [0.15, 0.2) is 77.5 Å². The second-order valence-electron chi connectivity index (χ2n) is 8.11. The van der Waals surface area contributed by atoms with E-state index >= 15 is 0 Å². The standard InChI is InChI=1S/C27H22ClN3O5/c1-15-10-11-22(36-3)21(12-15)31-26(34)23(28)24(27(31)35)29-19-8-5-7-18(14-19)25(33)30-20-9-4-6-17(13-20)16(2)32/h4-14,29H,1-3H3,(H,30,33). The topological polar surface area (TPSA) is 105 Å². The number of aryl methyl sites for hydroxylation is 1. The average molecular weight is 504 g/mol. The number of benzene rings is 3. The van der Waals surface area contributed by atoms with Crippen molar-refractivity contribution in [2.45, 2.75) is 13.8 Å². The molecule has 3 aromatic rings. The molecule has 0 aliphatic carbocycles. The van der Waals surface area contributed by atoms with Crippen molar-refractivity contribution in [2.75, 3.05) is 22.6 Å². The summed E-state index contributed by atoms with van der Waals surface area (Å²) in [5, 5.41) is 5.34. The van der Waals surface area contributed by atoms with Crippen LogP contribution in [-0.4, -0.2) is 30.6 Å². The third kappa shape index (κ3) is 4.85. The first-order valence-electron chi connectivity index (χ1n) is 10.9. The Labute approximate surface area is 212 Å². The van der Waals surface area contributed by atoms with E-state index in [9.17, 15) is 19.2 Å². The number of ketones is 1. The highest BCUT2D eigenvalue weighted by atomic mass is 35.5. The predicted octanol–water partition coefficient (Wildman–Crippen LogP) is 4.89. The lowest BCUT2D eigenvalue weighted by Gasteiger charge is -2.18. The number of ether oxygens (including phenoxy) is 1. The molecule has 9 heteroatoms. The average Bonchev–Trinajstić information content (AvgIpc) is 3.07. The maximum Gasteiger partial charge on any atom is 0.283 e. The molecule has 3 aromatic carbocycles. The molecule has 0 radical (unpaired) electrons. The quantitative estimate of drug-likeness (QED) is 0.351. The van der Waals surface area contributed by atoms with Crippen molar-refractivity contribution in [3.05, 3.63) is 94.1 Å². The molecule has 0 aromatic heterocycles. The maximum atomic E-state index is 13.2. The second kappa shape index (κ2) is 10.1. The number of nitrogens with one attached hydrogen (secondary N) is 2. The zero-order valence-corrected chi connectivity index (χ0v) is 20.5. The summed E-state index contributed by atoms with van der Waals surface area (Å²) in [5.74, 6) is -1.52. The van der Waals surface area contributed by atoms with Crippen LogP contribution in [-0.2, 0) is 9.59 Å². The third-order valence-corrected chi connectivity index (χ3v) is 5.87. The normalized spacial score (nSPS) is 13.2. The Kier molecular flexibility index (Phi) is 6.89. The number of Topliss-reactive ketones (excluding diaryl/α,β-unsaturated/α-hetero) is 1. The summed E-state index contributed by atoms with van der Waals surface area (Å²) in [7, 11) is 1.44. The van der Waals surface area contributed by atoms with Gasteiger partial charge in [-0.15, -0.1) is 0 Å². The lowest BCUT2D eigenvalue weighted by molar-refractivity contribution is -0.120. The van der Waals surface area contributed by atoms with Gasteiger partial charge in [0.05, 0.1) is 12.8 Å². The summed E-state index contributed by atoms with van der Waals surface area (Å²) >= 11 is 6.26. The van der Waals surface area contributed by atoms with E-state index in [1.165, 1.54) is 20.1 Å². The minimum atomic E-state index is -0.688. The van der Waals surface area contributed by atoms with Crippen LogP contribution in [0.5, 0.6) is 5.75 Å². The Morgan fingerprint density at radius 1 is 0.889 bits per heavy atom. The number of hydrogen-bond acceptors (Lipinski definition) is 6. The molecule has 1 heterocycles. The number of hydrogen-bond donors (Lipinski definition) is 2. The van der Waals surface area contributed by atoms with Gasteiger partial charge in [0.25, 0.3) is 17.7 Å². The highest BCUT2D eigenvalue weighted by Gasteiger charge is 2.40. The molecule has 1 aliphatic rings. The van der Waals surface area contributed by atoms with E-state index < -0.39 is 17.7 Å². The predicted molar refractivity (Wildman–Crippen MR) is 138 cm³/mol. The second-order valence-corrected chi connectivity index (χ2v) is 8.48. The number of methoxy groups -OCH3 is 1. The van der Waals surface area contributed by atoms with Crippen LogP contribution in [0, 0.1) is 6.92 Å². The zero-order chi connectivity index (χ0) is 26.0. The third-order valence-electron chi connectivity index (χ3n) is 5.52. The molecule has 36 heavy (non-hydrogen) atoms. The largest absolute Gasteiger partial charge is 0.495 e. The molecule has 2 N–H and O–H groups in total. The summed E-state index contributed by atoms with van der Waals surface area (Å²) in [6.45, 7) is 3.27. The van der Waals surface area contributed by atoms with Gasteiger partial charge < -0.3 is 15.4 Å². The molecule has 0 atom stereocenters. The fraction of sp³-hybridized carbons (Fsp3) is 0.111. The lowest BCUT2D eigenvalue weighted by atomic mass is 10.1. The van der Waals surface area contributed by atoms with Crippen LogP contribution >= 0.6 is 11.6 Å². The Balaban J connectivity index is 1.56. The van der Waals surface area contributed by atoms with Gasteiger partial charge in [-0.1, -0.05) is 35.9 Å². The van der Waals surface area contributed by atoms with Gasteiger partial charge in [-0.25, -0.2) is 4.90 Å². The van der Waals surface area contributed by atoms with Crippen LogP contribution in [0.1, 0.15) is 33.2 Å². The molecule has 4 rings (SSSR count). The summed E-state index contributed by atoms with van der Waals surface area (Å²) in [5.41, 5.74) is 2.61. The van der Waals surface area contributed by atoms with Crippen LogP contribution < -0.4 is 20.3 Å². The number of halogens is 1. The van der Waals surface area contributed by atoms with Gasteiger partial charge in [0.2, 0.25) is 0 Å². The number of amides is 3. The molecule has 8 nitrogen and oxygen atoms in total. The minimum absolute atomic E-state index is 0.114. The first-order chi connectivity index (χ1) is 17.2. The number of rotatable bonds is 7. The molecule has 0 fully saturated rings. The maximum absolute atomic E-state index is 13.2. The number of carbonyl (C=O) groups is 4. The van der Waals surface area contributed by atoms with E-state index in [-0.39, 0.29) is 22.2 Å². The molecule has 0 spiro atoms. The molecule has 0 saturated carbocycles. The van der Waals surface area contributed by atoms with Gasteiger partial charge in [-0.2, -0.15) is 0 Å². The molecule has 1 aliphatic heterocycles. The molecular formula is C27H22ClN3O5. The van der Waals surface area contributed by atoms with E-state index in [1.54, 1.807) is 60.7 Å². The Bertz CT molecular complexity index is 1450. The van der Waals surface area contributed by atoms with Gasteiger partial charge in [-0.05, 0) is 61.9 Å². The fourth-order valence-corrected chi connectivity index (χ4v) is 3.92. The number of carbonyl (C=O) groups excluding carboxylic acids is 4. The zero-order valence-electron chi connectivity index (χ0n) is 19.7. The number of imide groups is 1. The van der Waals surface area contributed by atoms with Gasteiger partial charge in [0.1, 0.15) is 16.5 Å². The van der Waals surface area contributed by atoms with Gasteiger partial charge in [0, 0.05) is 22.5 Å². The Hall–Kier alpha value is -4.43.